The largest absolute Gasteiger partial charge is 0.490 e. The third-order valence-corrected chi connectivity index (χ3v) is 5.65. The molecule has 1 aromatic heterocycles. The lowest BCUT2D eigenvalue weighted by molar-refractivity contribution is -0.119. The number of aromatic amines is 1. The first kappa shape index (κ1) is 21.0. The molecule has 2 heterocycles. The Labute approximate surface area is 184 Å². The van der Waals surface area contributed by atoms with Gasteiger partial charge < -0.3 is 19.8 Å². The third kappa shape index (κ3) is 5.46. The van der Waals surface area contributed by atoms with E-state index in [1.165, 1.54) is 17.8 Å². The Morgan fingerprint density at radius 1 is 1.13 bits per heavy atom. The van der Waals surface area contributed by atoms with Crippen LogP contribution in [0.5, 0.6) is 11.5 Å². The third-order valence-electron chi connectivity index (χ3n) is 4.78. The SMILES string of the molecule is C[C@H](NC(=O)CSc1nc(-c2ccccc2)cc(=O)[nH]1)c1ccc2c(c1)OCCCO2. The summed E-state index contributed by atoms with van der Waals surface area (Å²) in [6, 6.07) is 16.4. The van der Waals surface area contributed by atoms with Gasteiger partial charge in [0.05, 0.1) is 30.7 Å². The summed E-state index contributed by atoms with van der Waals surface area (Å²) in [6.45, 7) is 3.16. The minimum atomic E-state index is -0.252. The van der Waals surface area contributed by atoms with Gasteiger partial charge in [0.15, 0.2) is 16.7 Å². The molecule has 0 aliphatic carbocycles. The van der Waals surface area contributed by atoms with Crippen LogP contribution in [0, 0.1) is 0 Å². The van der Waals surface area contributed by atoms with Gasteiger partial charge in [0.1, 0.15) is 0 Å². The molecule has 0 spiro atoms. The number of hydrogen-bond donors (Lipinski definition) is 2. The van der Waals surface area contributed by atoms with Crippen LogP contribution in [-0.4, -0.2) is 34.8 Å². The highest BCUT2D eigenvalue weighted by molar-refractivity contribution is 7.99. The number of rotatable bonds is 6. The fourth-order valence-electron chi connectivity index (χ4n) is 3.21. The van der Waals surface area contributed by atoms with Gasteiger partial charge in [0, 0.05) is 18.1 Å². The van der Waals surface area contributed by atoms with Crippen LogP contribution in [0.3, 0.4) is 0 Å². The molecule has 0 radical (unpaired) electrons. The molecule has 8 heteroatoms. The van der Waals surface area contributed by atoms with E-state index in [2.05, 4.69) is 15.3 Å². The molecule has 1 aliphatic rings. The minimum Gasteiger partial charge on any atom is -0.490 e. The normalized spacial score (nSPS) is 13.8. The van der Waals surface area contributed by atoms with E-state index in [4.69, 9.17) is 9.47 Å². The molecule has 0 unspecified atom stereocenters. The van der Waals surface area contributed by atoms with Gasteiger partial charge in [-0.15, -0.1) is 0 Å². The topological polar surface area (TPSA) is 93.3 Å². The van der Waals surface area contributed by atoms with E-state index in [1.54, 1.807) is 0 Å². The van der Waals surface area contributed by atoms with Gasteiger partial charge in [0.25, 0.3) is 5.56 Å². The lowest BCUT2D eigenvalue weighted by Crippen LogP contribution is -2.28. The Bertz CT molecular complexity index is 1120. The van der Waals surface area contributed by atoms with E-state index in [1.807, 2.05) is 55.5 Å². The molecule has 0 saturated carbocycles. The number of carbonyl (C=O) groups excluding carboxylic acids is 1. The fourth-order valence-corrected chi connectivity index (χ4v) is 3.90. The second kappa shape index (κ2) is 9.70. The van der Waals surface area contributed by atoms with Gasteiger partial charge in [0.2, 0.25) is 5.91 Å². The molecule has 160 valence electrons. The van der Waals surface area contributed by atoms with Crippen LogP contribution in [0.25, 0.3) is 11.3 Å². The quantitative estimate of drug-likeness (QED) is 0.452. The molecule has 2 aromatic carbocycles. The number of hydrogen-bond acceptors (Lipinski definition) is 6. The number of carbonyl (C=O) groups is 1. The number of H-pyrrole nitrogens is 1. The molecule has 31 heavy (non-hydrogen) atoms. The highest BCUT2D eigenvalue weighted by Gasteiger charge is 2.16. The molecule has 0 bridgehead atoms. The average molecular weight is 438 g/mol. The predicted octanol–water partition coefficient (Wildman–Crippen LogP) is 3.57. The van der Waals surface area contributed by atoms with E-state index >= 15 is 0 Å². The summed E-state index contributed by atoms with van der Waals surface area (Å²) in [4.78, 5) is 31.6. The highest BCUT2D eigenvalue weighted by Crippen LogP contribution is 2.32. The van der Waals surface area contributed by atoms with Crippen LogP contribution in [-0.2, 0) is 4.79 Å². The second-order valence-electron chi connectivity index (χ2n) is 7.14. The zero-order valence-electron chi connectivity index (χ0n) is 17.1. The first-order valence-electron chi connectivity index (χ1n) is 10.1. The van der Waals surface area contributed by atoms with Crippen LogP contribution in [0.2, 0.25) is 0 Å². The summed E-state index contributed by atoms with van der Waals surface area (Å²) in [5.41, 5.74) is 2.10. The lowest BCUT2D eigenvalue weighted by Gasteiger charge is -2.16. The number of aromatic nitrogens is 2. The van der Waals surface area contributed by atoms with Crippen molar-refractivity contribution in [2.75, 3.05) is 19.0 Å². The van der Waals surface area contributed by atoms with Crippen LogP contribution in [0.15, 0.2) is 64.5 Å². The predicted molar refractivity (Wildman–Crippen MR) is 120 cm³/mol. The summed E-state index contributed by atoms with van der Waals surface area (Å²) in [6.07, 6.45) is 0.842. The van der Waals surface area contributed by atoms with Crippen molar-refractivity contribution in [1.29, 1.82) is 0 Å². The van der Waals surface area contributed by atoms with Gasteiger partial charge in [-0.2, -0.15) is 0 Å². The van der Waals surface area contributed by atoms with Crippen molar-refractivity contribution in [3.8, 4) is 22.8 Å². The molecule has 1 atom stereocenters. The van der Waals surface area contributed by atoms with Gasteiger partial charge in [-0.1, -0.05) is 48.2 Å². The van der Waals surface area contributed by atoms with Gasteiger partial charge in [-0.3, -0.25) is 9.59 Å². The number of thioether (sulfide) groups is 1. The molecule has 4 rings (SSSR count). The Balaban J connectivity index is 1.38. The van der Waals surface area contributed by atoms with Crippen molar-refractivity contribution in [2.24, 2.45) is 0 Å². The zero-order chi connectivity index (χ0) is 21.6. The zero-order valence-corrected chi connectivity index (χ0v) is 17.9. The Kier molecular flexibility index (Phi) is 6.57. The fraction of sp³-hybridized carbons (Fsp3) is 0.261. The van der Waals surface area contributed by atoms with E-state index in [-0.39, 0.29) is 23.3 Å². The molecule has 3 aromatic rings. The van der Waals surface area contributed by atoms with Crippen LogP contribution in [0.4, 0.5) is 0 Å². The Morgan fingerprint density at radius 2 is 1.90 bits per heavy atom. The maximum atomic E-state index is 12.5. The number of nitrogens with zero attached hydrogens (tertiary/aromatic N) is 1. The number of fused-ring (bicyclic) bond motifs is 1. The van der Waals surface area contributed by atoms with Crippen LogP contribution in [0.1, 0.15) is 24.9 Å². The summed E-state index contributed by atoms with van der Waals surface area (Å²) < 4.78 is 11.4. The van der Waals surface area contributed by atoms with Gasteiger partial charge in [-0.25, -0.2) is 4.98 Å². The summed E-state index contributed by atoms with van der Waals surface area (Å²) in [5.74, 6) is 1.40. The van der Waals surface area contributed by atoms with E-state index in [9.17, 15) is 9.59 Å². The van der Waals surface area contributed by atoms with Crippen molar-refractivity contribution in [1.82, 2.24) is 15.3 Å². The highest BCUT2D eigenvalue weighted by atomic mass is 32.2. The van der Waals surface area contributed by atoms with E-state index in [0.717, 1.165) is 23.3 Å². The Morgan fingerprint density at radius 3 is 2.71 bits per heavy atom. The monoisotopic (exact) mass is 437 g/mol. The number of benzene rings is 2. The Hall–Kier alpha value is -3.26. The first-order valence-corrected chi connectivity index (χ1v) is 11.1. The van der Waals surface area contributed by atoms with Gasteiger partial charge in [-0.05, 0) is 24.6 Å². The molecule has 1 aliphatic heterocycles. The summed E-state index contributed by atoms with van der Waals surface area (Å²) in [7, 11) is 0. The number of nitrogens with one attached hydrogen (secondary N) is 2. The molecule has 7 nitrogen and oxygen atoms in total. The minimum absolute atomic E-state index is 0.135. The average Bonchev–Trinajstić information content (AvgIpc) is 3.03. The number of ether oxygens (including phenoxy) is 2. The maximum absolute atomic E-state index is 12.5. The van der Waals surface area contributed by atoms with Crippen molar-refractivity contribution in [2.45, 2.75) is 24.5 Å². The molecular weight excluding hydrogens is 414 g/mol. The number of amides is 1. The van der Waals surface area contributed by atoms with Crippen molar-refractivity contribution in [3.63, 3.8) is 0 Å². The molecule has 1 amide bonds. The van der Waals surface area contributed by atoms with E-state index in [0.29, 0.717) is 29.8 Å². The van der Waals surface area contributed by atoms with Crippen LogP contribution >= 0.6 is 11.8 Å². The van der Waals surface area contributed by atoms with Crippen LogP contribution < -0.4 is 20.3 Å². The standard InChI is InChI=1S/C23H23N3O4S/c1-15(17-8-9-19-20(12-17)30-11-5-10-29-19)24-22(28)14-31-23-25-18(13-21(27)26-23)16-6-3-2-4-7-16/h2-4,6-9,12-13,15H,5,10-11,14H2,1H3,(H,24,28)(H,25,26,27)/t15-/m0/s1. The smallest absolute Gasteiger partial charge is 0.252 e. The van der Waals surface area contributed by atoms with E-state index < -0.39 is 0 Å². The second-order valence-corrected chi connectivity index (χ2v) is 8.10. The lowest BCUT2D eigenvalue weighted by atomic mass is 10.1. The van der Waals surface area contributed by atoms with Crippen molar-refractivity contribution < 1.29 is 14.3 Å². The summed E-state index contributed by atoms with van der Waals surface area (Å²) in [5, 5.41) is 3.38. The molecule has 2 N–H and O–H groups in total. The molecular formula is C23H23N3O4S. The van der Waals surface area contributed by atoms with Crippen molar-refractivity contribution in [3.05, 3.63) is 70.5 Å². The first-order chi connectivity index (χ1) is 15.1. The maximum Gasteiger partial charge on any atom is 0.252 e. The summed E-state index contributed by atoms with van der Waals surface area (Å²) >= 11 is 1.19. The van der Waals surface area contributed by atoms with Gasteiger partial charge >= 0.3 is 0 Å². The molecule has 0 saturated heterocycles. The van der Waals surface area contributed by atoms with Crippen molar-refractivity contribution >= 4 is 17.7 Å². The molecule has 0 fully saturated rings.